The number of nitrogens with one attached hydrogen (secondary N) is 1. The Hall–Kier alpha value is -1.62. The Morgan fingerprint density at radius 3 is 3.07 bits per heavy atom. The molecule has 0 atom stereocenters. The number of aromatic nitrogens is 1. The average molecular weight is 220 g/mol. The molecule has 0 aliphatic rings. The minimum Gasteiger partial charge on any atom is -0.370 e. The molecule has 0 unspecified atom stereocenters. The number of fused-ring (bicyclic) bond motifs is 1. The summed E-state index contributed by atoms with van der Waals surface area (Å²) in [7, 11) is 1.64. The van der Waals surface area contributed by atoms with Gasteiger partial charge in [-0.05, 0) is 24.6 Å². The normalized spacial score (nSPS) is 12.0. The largest absolute Gasteiger partial charge is 0.370 e. The molecular weight excluding hydrogens is 208 g/mol. The quantitative estimate of drug-likeness (QED) is 0.570. The van der Waals surface area contributed by atoms with Crippen LogP contribution >= 0.6 is 11.3 Å². The van der Waals surface area contributed by atoms with Crippen LogP contribution in [0.3, 0.4) is 0 Å². The summed E-state index contributed by atoms with van der Waals surface area (Å²) in [4.78, 5) is 8.23. The summed E-state index contributed by atoms with van der Waals surface area (Å²) in [5.74, 6) is 0.380. The highest BCUT2D eigenvalue weighted by molar-refractivity contribution is 7.22. The van der Waals surface area contributed by atoms with E-state index in [1.165, 1.54) is 5.56 Å². The number of nitrogens with zero attached hydrogens (tertiary/aromatic N) is 2. The number of anilines is 1. The predicted molar refractivity (Wildman–Crippen MR) is 65.5 cm³/mol. The van der Waals surface area contributed by atoms with Crippen LogP contribution in [0, 0.1) is 6.92 Å². The molecule has 2 aromatic rings. The summed E-state index contributed by atoms with van der Waals surface area (Å²) >= 11 is 1.57. The van der Waals surface area contributed by atoms with Crippen molar-refractivity contribution in [1.29, 1.82) is 0 Å². The number of aliphatic imine (C=N–C) groups is 1. The minimum atomic E-state index is 0.380. The molecule has 1 aromatic carbocycles. The second kappa shape index (κ2) is 3.86. The fourth-order valence-electron chi connectivity index (χ4n) is 1.26. The van der Waals surface area contributed by atoms with Crippen LogP contribution in [-0.4, -0.2) is 18.0 Å². The molecule has 0 aliphatic carbocycles. The summed E-state index contributed by atoms with van der Waals surface area (Å²) in [5.41, 5.74) is 7.76. The maximum atomic E-state index is 5.56. The highest BCUT2D eigenvalue weighted by Gasteiger charge is 2.03. The van der Waals surface area contributed by atoms with Crippen molar-refractivity contribution in [2.45, 2.75) is 6.92 Å². The standard InChI is InChI=1S/C10H12N4S/c1-6-3-4-8-7(5-6)13-10(15-8)14-9(11)12-2/h3-5H,1-2H3,(H3,11,12,13,14). The highest BCUT2D eigenvalue weighted by Crippen LogP contribution is 2.26. The van der Waals surface area contributed by atoms with Crippen LogP contribution in [0.4, 0.5) is 5.13 Å². The van der Waals surface area contributed by atoms with E-state index >= 15 is 0 Å². The molecule has 0 spiro atoms. The van der Waals surface area contributed by atoms with Crippen molar-refractivity contribution in [3.63, 3.8) is 0 Å². The molecule has 78 valence electrons. The Morgan fingerprint density at radius 1 is 1.53 bits per heavy atom. The Kier molecular flexibility index (Phi) is 2.55. The molecule has 0 fully saturated rings. The number of hydrogen-bond acceptors (Lipinski definition) is 3. The van der Waals surface area contributed by atoms with Crippen molar-refractivity contribution < 1.29 is 0 Å². The smallest absolute Gasteiger partial charge is 0.194 e. The van der Waals surface area contributed by atoms with Gasteiger partial charge >= 0.3 is 0 Å². The van der Waals surface area contributed by atoms with Crippen LogP contribution in [0.25, 0.3) is 10.2 Å². The Bertz CT molecular complexity index is 515. The zero-order valence-electron chi connectivity index (χ0n) is 8.61. The summed E-state index contributed by atoms with van der Waals surface area (Å²) < 4.78 is 1.15. The van der Waals surface area contributed by atoms with Crippen LogP contribution in [0.1, 0.15) is 5.56 Å². The molecule has 0 aliphatic heterocycles. The zero-order chi connectivity index (χ0) is 10.8. The van der Waals surface area contributed by atoms with E-state index in [0.717, 1.165) is 15.3 Å². The van der Waals surface area contributed by atoms with Gasteiger partial charge in [-0.2, -0.15) is 0 Å². The Labute approximate surface area is 91.9 Å². The van der Waals surface area contributed by atoms with E-state index in [1.54, 1.807) is 18.4 Å². The van der Waals surface area contributed by atoms with Gasteiger partial charge in [-0.1, -0.05) is 17.4 Å². The number of guanidine groups is 1. The van der Waals surface area contributed by atoms with Crippen molar-refractivity contribution in [2.24, 2.45) is 10.7 Å². The van der Waals surface area contributed by atoms with Crippen LogP contribution in [0.5, 0.6) is 0 Å². The molecule has 0 saturated heterocycles. The van der Waals surface area contributed by atoms with Crippen LogP contribution < -0.4 is 11.1 Å². The molecular formula is C10H12N4S. The third-order valence-electron chi connectivity index (χ3n) is 2.02. The molecule has 15 heavy (non-hydrogen) atoms. The van der Waals surface area contributed by atoms with E-state index in [0.29, 0.717) is 5.96 Å². The van der Waals surface area contributed by atoms with Gasteiger partial charge in [0, 0.05) is 7.05 Å². The SMILES string of the molecule is CN=C(N)Nc1nc2cc(C)ccc2s1. The lowest BCUT2D eigenvalue weighted by molar-refractivity contribution is 1.36. The number of nitrogens with two attached hydrogens (primary N) is 1. The first-order chi connectivity index (χ1) is 7.19. The van der Waals surface area contributed by atoms with Gasteiger partial charge in [-0.15, -0.1) is 0 Å². The maximum absolute atomic E-state index is 5.56. The van der Waals surface area contributed by atoms with E-state index in [2.05, 4.69) is 33.5 Å². The third-order valence-corrected chi connectivity index (χ3v) is 2.97. The molecule has 2 rings (SSSR count). The number of thiazole rings is 1. The van der Waals surface area contributed by atoms with Crippen molar-refractivity contribution in [1.82, 2.24) is 4.98 Å². The lowest BCUT2D eigenvalue weighted by atomic mass is 10.2. The fraction of sp³-hybridized carbons (Fsp3) is 0.200. The van der Waals surface area contributed by atoms with E-state index in [9.17, 15) is 0 Å². The van der Waals surface area contributed by atoms with E-state index < -0.39 is 0 Å². The first-order valence-electron chi connectivity index (χ1n) is 4.55. The first kappa shape index (κ1) is 9.92. The van der Waals surface area contributed by atoms with Gasteiger partial charge in [0.15, 0.2) is 11.1 Å². The number of benzene rings is 1. The van der Waals surface area contributed by atoms with Gasteiger partial charge in [0.1, 0.15) is 0 Å². The van der Waals surface area contributed by atoms with Gasteiger partial charge in [0.25, 0.3) is 0 Å². The summed E-state index contributed by atoms with van der Waals surface area (Å²) in [5, 5.41) is 3.71. The molecule has 0 radical (unpaired) electrons. The maximum Gasteiger partial charge on any atom is 0.194 e. The number of rotatable bonds is 1. The fourth-order valence-corrected chi connectivity index (χ4v) is 2.11. The summed E-state index contributed by atoms with van der Waals surface area (Å²) in [6, 6.07) is 6.19. The summed E-state index contributed by atoms with van der Waals surface area (Å²) in [6.45, 7) is 2.05. The van der Waals surface area contributed by atoms with Gasteiger partial charge in [-0.3, -0.25) is 4.99 Å². The van der Waals surface area contributed by atoms with E-state index in [-0.39, 0.29) is 0 Å². The van der Waals surface area contributed by atoms with Crippen LogP contribution in [0.2, 0.25) is 0 Å². The highest BCUT2D eigenvalue weighted by atomic mass is 32.1. The molecule has 1 heterocycles. The molecule has 3 N–H and O–H groups in total. The van der Waals surface area contributed by atoms with Gasteiger partial charge in [0.05, 0.1) is 10.2 Å². The average Bonchev–Trinajstić information content (AvgIpc) is 2.59. The van der Waals surface area contributed by atoms with E-state index in [4.69, 9.17) is 5.73 Å². The third kappa shape index (κ3) is 2.07. The van der Waals surface area contributed by atoms with Gasteiger partial charge in [-0.25, -0.2) is 4.98 Å². The molecule has 4 nitrogen and oxygen atoms in total. The van der Waals surface area contributed by atoms with Crippen molar-refractivity contribution in [3.8, 4) is 0 Å². The Morgan fingerprint density at radius 2 is 2.33 bits per heavy atom. The molecule has 0 amide bonds. The molecule has 0 bridgehead atoms. The first-order valence-corrected chi connectivity index (χ1v) is 5.37. The second-order valence-corrected chi connectivity index (χ2v) is 4.25. The van der Waals surface area contributed by atoms with Crippen LogP contribution in [0.15, 0.2) is 23.2 Å². The van der Waals surface area contributed by atoms with Gasteiger partial charge in [0.2, 0.25) is 0 Å². The molecule has 1 aromatic heterocycles. The van der Waals surface area contributed by atoms with E-state index in [1.807, 2.05) is 6.92 Å². The van der Waals surface area contributed by atoms with Crippen molar-refractivity contribution >= 4 is 32.6 Å². The monoisotopic (exact) mass is 220 g/mol. The van der Waals surface area contributed by atoms with Crippen molar-refractivity contribution in [3.05, 3.63) is 23.8 Å². The lowest BCUT2D eigenvalue weighted by Crippen LogP contribution is -2.21. The molecule has 5 heteroatoms. The Balaban J connectivity index is 2.39. The lowest BCUT2D eigenvalue weighted by Gasteiger charge is -1.97. The second-order valence-electron chi connectivity index (χ2n) is 3.22. The number of aryl methyl sites for hydroxylation is 1. The minimum absolute atomic E-state index is 0.380. The topological polar surface area (TPSA) is 63.3 Å². The zero-order valence-corrected chi connectivity index (χ0v) is 9.43. The van der Waals surface area contributed by atoms with Crippen molar-refractivity contribution in [2.75, 3.05) is 12.4 Å². The molecule has 0 saturated carbocycles. The van der Waals surface area contributed by atoms with Crippen LogP contribution in [-0.2, 0) is 0 Å². The van der Waals surface area contributed by atoms with Gasteiger partial charge < -0.3 is 11.1 Å². The number of hydrogen-bond donors (Lipinski definition) is 2. The summed E-state index contributed by atoms with van der Waals surface area (Å²) in [6.07, 6.45) is 0. The predicted octanol–water partition coefficient (Wildman–Crippen LogP) is 1.96.